The summed E-state index contributed by atoms with van der Waals surface area (Å²) in [6, 6.07) is 11.0. The van der Waals surface area contributed by atoms with E-state index in [-0.39, 0.29) is 16.8 Å². The molecule has 1 atom stereocenters. The molecular formula is C25H20F2N2O4. The fourth-order valence-corrected chi connectivity index (χ4v) is 3.84. The molecule has 0 spiro atoms. The topological polar surface area (TPSA) is 79.7 Å². The van der Waals surface area contributed by atoms with Crippen molar-refractivity contribution in [3.63, 3.8) is 0 Å². The van der Waals surface area contributed by atoms with Gasteiger partial charge in [0.15, 0.2) is 0 Å². The van der Waals surface area contributed by atoms with Crippen molar-refractivity contribution in [1.29, 1.82) is 0 Å². The highest BCUT2D eigenvalue weighted by molar-refractivity contribution is 6.51. The molecule has 6 nitrogen and oxygen atoms in total. The maximum Gasteiger partial charge on any atom is 0.300 e. The molecule has 0 bridgehead atoms. The van der Waals surface area contributed by atoms with Gasteiger partial charge in [0.25, 0.3) is 11.7 Å². The van der Waals surface area contributed by atoms with E-state index >= 15 is 0 Å². The van der Waals surface area contributed by atoms with E-state index < -0.39 is 40.8 Å². The van der Waals surface area contributed by atoms with Gasteiger partial charge in [0, 0.05) is 17.8 Å². The number of aliphatic hydroxyl groups excluding tert-OH is 1. The molecular weight excluding hydrogens is 430 g/mol. The highest BCUT2D eigenvalue weighted by Crippen LogP contribution is 2.42. The third-order valence-electron chi connectivity index (χ3n) is 5.33. The van der Waals surface area contributed by atoms with Gasteiger partial charge in [0.2, 0.25) is 0 Å². The van der Waals surface area contributed by atoms with Crippen LogP contribution in [0.4, 0.5) is 14.5 Å². The highest BCUT2D eigenvalue weighted by Gasteiger charge is 2.48. The molecule has 1 unspecified atom stereocenters. The first-order valence-electron chi connectivity index (χ1n) is 10.2. The van der Waals surface area contributed by atoms with Gasteiger partial charge in [-0.05, 0) is 61.9 Å². The maximum absolute atomic E-state index is 14.6. The number of rotatable bonds is 5. The Hall–Kier alpha value is -4.07. The predicted octanol–water partition coefficient (Wildman–Crippen LogP) is 4.69. The van der Waals surface area contributed by atoms with Crippen LogP contribution in [0, 0.1) is 18.6 Å². The SMILES string of the molecule is CCOc1ccc(/C(O)=C2\C(=O)C(=O)N(c3cc(F)ccc3F)C2c2ccccn2)cc1C. The van der Waals surface area contributed by atoms with Gasteiger partial charge in [0.05, 0.1) is 23.6 Å². The number of anilines is 1. The minimum Gasteiger partial charge on any atom is -0.507 e. The first-order chi connectivity index (χ1) is 15.8. The lowest BCUT2D eigenvalue weighted by molar-refractivity contribution is -0.132. The van der Waals surface area contributed by atoms with Gasteiger partial charge in [-0.15, -0.1) is 0 Å². The molecule has 1 aromatic heterocycles. The van der Waals surface area contributed by atoms with Gasteiger partial charge in [0.1, 0.15) is 29.2 Å². The number of benzene rings is 2. The highest BCUT2D eigenvalue weighted by atomic mass is 19.1. The number of aromatic nitrogens is 1. The molecule has 1 fully saturated rings. The summed E-state index contributed by atoms with van der Waals surface area (Å²) in [7, 11) is 0. The summed E-state index contributed by atoms with van der Waals surface area (Å²) in [6.07, 6.45) is 1.44. The van der Waals surface area contributed by atoms with E-state index in [1.54, 1.807) is 37.3 Å². The maximum atomic E-state index is 14.6. The van der Waals surface area contributed by atoms with Crippen molar-refractivity contribution in [3.05, 3.63) is 94.8 Å². The summed E-state index contributed by atoms with van der Waals surface area (Å²) in [5.41, 5.74) is 0.500. The average Bonchev–Trinajstić information content (AvgIpc) is 3.07. The van der Waals surface area contributed by atoms with E-state index in [2.05, 4.69) is 4.98 Å². The van der Waals surface area contributed by atoms with E-state index in [0.717, 1.165) is 23.1 Å². The molecule has 1 aliphatic rings. The molecule has 0 saturated carbocycles. The number of Topliss-reactive ketones (excluding diaryl/α,β-unsaturated/α-hetero) is 1. The van der Waals surface area contributed by atoms with Crippen molar-refractivity contribution in [2.45, 2.75) is 19.9 Å². The van der Waals surface area contributed by atoms with E-state index in [9.17, 15) is 23.5 Å². The molecule has 33 heavy (non-hydrogen) atoms. The van der Waals surface area contributed by atoms with E-state index in [4.69, 9.17) is 4.74 Å². The summed E-state index contributed by atoms with van der Waals surface area (Å²) < 4.78 is 34.1. The fraction of sp³-hybridized carbons (Fsp3) is 0.160. The molecule has 168 valence electrons. The second-order valence-corrected chi connectivity index (χ2v) is 7.43. The Balaban J connectivity index is 1.93. The molecule has 2 heterocycles. The van der Waals surface area contributed by atoms with E-state index in [0.29, 0.717) is 17.9 Å². The first-order valence-corrected chi connectivity index (χ1v) is 10.2. The molecule has 1 aliphatic heterocycles. The van der Waals surface area contributed by atoms with Crippen LogP contribution in [0.15, 0.2) is 66.4 Å². The van der Waals surface area contributed by atoms with Crippen LogP contribution >= 0.6 is 0 Å². The lowest BCUT2D eigenvalue weighted by Gasteiger charge is -2.25. The van der Waals surface area contributed by atoms with Crippen LogP contribution in [0.3, 0.4) is 0 Å². The number of hydrogen-bond donors (Lipinski definition) is 1. The Bertz CT molecular complexity index is 1270. The first kappa shape index (κ1) is 22.1. The molecule has 3 aromatic rings. The van der Waals surface area contributed by atoms with Gasteiger partial charge < -0.3 is 9.84 Å². The lowest BCUT2D eigenvalue weighted by atomic mass is 9.97. The molecule has 0 aliphatic carbocycles. The number of ketones is 1. The molecule has 1 N–H and O–H groups in total. The largest absolute Gasteiger partial charge is 0.507 e. The number of aliphatic hydroxyl groups is 1. The Morgan fingerprint density at radius 1 is 1.12 bits per heavy atom. The summed E-state index contributed by atoms with van der Waals surface area (Å²) in [4.78, 5) is 31.1. The summed E-state index contributed by atoms with van der Waals surface area (Å²) in [6.45, 7) is 4.07. The standard InChI is InChI=1S/C25H20F2N2O4/c1-3-33-20-10-7-15(12-14(20)2)23(30)21-22(18-6-4-5-11-28-18)29(25(32)24(21)31)19-13-16(26)8-9-17(19)27/h4-13,22,30H,3H2,1-2H3/b23-21+. The van der Waals surface area contributed by atoms with Crippen molar-refractivity contribution < 1.29 is 28.2 Å². The number of carbonyl (C=O) groups is 2. The Labute approximate surface area is 188 Å². The number of aryl methyl sites for hydroxylation is 1. The Morgan fingerprint density at radius 3 is 2.58 bits per heavy atom. The molecule has 0 radical (unpaired) electrons. The smallest absolute Gasteiger partial charge is 0.300 e. The van der Waals surface area contributed by atoms with Crippen LogP contribution in [-0.4, -0.2) is 28.4 Å². The van der Waals surface area contributed by atoms with E-state index in [1.807, 2.05) is 6.92 Å². The summed E-state index contributed by atoms with van der Waals surface area (Å²) in [5.74, 6) is -3.64. The number of ether oxygens (including phenoxy) is 1. The van der Waals surface area contributed by atoms with Crippen molar-refractivity contribution in [2.75, 3.05) is 11.5 Å². The number of amides is 1. The lowest BCUT2D eigenvalue weighted by Crippen LogP contribution is -2.30. The minimum absolute atomic E-state index is 0.213. The number of halogens is 2. The van der Waals surface area contributed by atoms with E-state index in [1.165, 1.54) is 12.3 Å². The van der Waals surface area contributed by atoms with Crippen LogP contribution in [-0.2, 0) is 9.59 Å². The van der Waals surface area contributed by atoms with Crippen molar-refractivity contribution in [1.82, 2.24) is 4.98 Å². The second-order valence-electron chi connectivity index (χ2n) is 7.43. The minimum atomic E-state index is -1.26. The number of pyridine rings is 1. The fourth-order valence-electron chi connectivity index (χ4n) is 3.84. The Kier molecular flexibility index (Phi) is 5.91. The predicted molar refractivity (Wildman–Crippen MR) is 118 cm³/mol. The molecule has 2 aromatic carbocycles. The average molecular weight is 450 g/mol. The molecule has 4 rings (SSSR count). The zero-order valence-electron chi connectivity index (χ0n) is 17.9. The normalized spacial score (nSPS) is 17.5. The number of nitrogens with zero attached hydrogens (tertiary/aromatic N) is 2. The van der Waals surface area contributed by atoms with Gasteiger partial charge in [-0.25, -0.2) is 8.78 Å². The van der Waals surface area contributed by atoms with Crippen molar-refractivity contribution in [3.8, 4) is 5.75 Å². The van der Waals surface area contributed by atoms with Crippen LogP contribution < -0.4 is 9.64 Å². The van der Waals surface area contributed by atoms with Gasteiger partial charge >= 0.3 is 0 Å². The zero-order valence-corrected chi connectivity index (χ0v) is 17.9. The molecule has 1 amide bonds. The van der Waals surface area contributed by atoms with Crippen LogP contribution in [0.2, 0.25) is 0 Å². The third kappa shape index (κ3) is 3.95. The Morgan fingerprint density at radius 2 is 1.91 bits per heavy atom. The van der Waals surface area contributed by atoms with Gasteiger partial charge in [-0.2, -0.15) is 0 Å². The van der Waals surface area contributed by atoms with Crippen LogP contribution in [0.25, 0.3) is 5.76 Å². The van der Waals surface area contributed by atoms with Gasteiger partial charge in [-0.1, -0.05) is 6.07 Å². The van der Waals surface area contributed by atoms with Crippen LogP contribution in [0.5, 0.6) is 5.75 Å². The second kappa shape index (κ2) is 8.82. The zero-order chi connectivity index (χ0) is 23.7. The summed E-state index contributed by atoms with van der Waals surface area (Å²) >= 11 is 0. The van der Waals surface area contributed by atoms with Gasteiger partial charge in [-0.3, -0.25) is 19.5 Å². The summed E-state index contributed by atoms with van der Waals surface area (Å²) in [5, 5.41) is 11.1. The van der Waals surface area contributed by atoms with Crippen LogP contribution in [0.1, 0.15) is 29.8 Å². The number of carbonyl (C=O) groups excluding carboxylic acids is 2. The third-order valence-corrected chi connectivity index (χ3v) is 5.33. The molecule has 8 heteroatoms. The van der Waals surface area contributed by atoms with Crippen molar-refractivity contribution in [2.24, 2.45) is 0 Å². The quantitative estimate of drug-likeness (QED) is 0.347. The number of hydrogen-bond acceptors (Lipinski definition) is 5. The monoisotopic (exact) mass is 450 g/mol. The molecule has 1 saturated heterocycles. The van der Waals surface area contributed by atoms with Crippen molar-refractivity contribution >= 4 is 23.1 Å².